The SMILES string of the molecule is CCNC(=NCc1ccc(CN2CCCCC2)cc1)NCc1c(CC)nn(C)c1CC.I. The van der Waals surface area contributed by atoms with E-state index in [0.29, 0.717) is 6.54 Å². The van der Waals surface area contributed by atoms with Gasteiger partial charge in [-0.15, -0.1) is 24.0 Å². The van der Waals surface area contributed by atoms with Gasteiger partial charge in [0.1, 0.15) is 0 Å². The number of nitrogens with zero attached hydrogens (tertiary/aromatic N) is 4. The van der Waals surface area contributed by atoms with E-state index in [2.05, 4.69) is 65.7 Å². The monoisotopic (exact) mass is 552 g/mol. The van der Waals surface area contributed by atoms with Crippen LogP contribution in [-0.2, 0) is 39.5 Å². The molecule has 0 amide bonds. The van der Waals surface area contributed by atoms with Crippen molar-refractivity contribution < 1.29 is 0 Å². The predicted molar refractivity (Wildman–Crippen MR) is 145 cm³/mol. The topological polar surface area (TPSA) is 57.5 Å². The van der Waals surface area contributed by atoms with Crippen LogP contribution in [0.15, 0.2) is 29.3 Å². The first kappa shape index (κ1) is 26.6. The number of hydrogen-bond donors (Lipinski definition) is 2. The number of halogens is 1. The second-order valence-electron chi connectivity index (χ2n) is 8.40. The van der Waals surface area contributed by atoms with Crippen molar-refractivity contribution in [3.63, 3.8) is 0 Å². The van der Waals surface area contributed by atoms with Crippen molar-refractivity contribution in [3.8, 4) is 0 Å². The molecule has 1 saturated heterocycles. The molecular formula is C25H41IN6. The summed E-state index contributed by atoms with van der Waals surface area (Å²) in [6, 6.07) is 8.96. The molecule has 0 radical (unpaired) electrons. The number of nitrogens with one attached hydrogen (secondary N) is 2. The molecule has 2 heterocycles. The first-order valence-corrected chi connectivity index (χ1v) is 12.0. The fourth-order valence-corrected chi connectivity index (χ4v) is 4.40. The van der Waals surface area contributed by atoms with Gasteiger partial charge in [0, 0.05) is 37.9 Å². The van der Waals surface area contributed by atoms with Crippen LogP contribution in [-0.4, -0.2) is 40.3 Å². The molecule has 0 atom stereocenters. The molecule has 1 aromatic heterocycles. The van der Waals surface area contributed by atoms with Crippen LogP contribution < -0.4 is 10.6 Å². The minimum atomic E-state index is 0. The van der Waals surface area contributed by atoms with Crippen molar-refractivity contribution >= 4 is 29.9 Å². The van der Waals surface area contributed by atoms with E-state index in [9.17, 15) is 0 Å². The summed E-state index contributed by atoms with van der Waals surface area (Å²) in [5, 5.41) is 11.6. The Balaban J connectivity index is 0.00000363. The van der Waals surface area contributed by atoms with Crippen LogP contribution in [0.25, 0.3) is 0 Å². The molecule has 32 heavy (non-hydrogen) atoms. The van der Waals surface area contributed by atoms with Crippen LogP contribution >= 0.6 is 24.0 Å². The van der Waals surface area contributed by atoms with Crippen molar-refractivity contribution in [2.45, 2.75) is 72.5 Å². The highest BCUT2D eigenvalue weighted by Crippen LogP contribution is 2.16. The summed E-state index contributed by atoms with van der Waals surface area (Å²) < 4.78 is 2.02. The van der Waals surface area contributed by atoms with E-state index in [-0.39, 0.29) is 24.0 Å². The van der Waals surface area contributed by atoms with E-state index in [1.807, 2.05) is 11.7 Å². The Hall–Kier alpha value is -1.61. The molecule has 0 spiro atoms. The summed E-state index contributed by atoms with van der Waals surface area (Å²) in [7, 11) is 2.04. The van der Waals surface area contributed by atoms with Gasteiger partial charge in [0.15, 0.2) is 5.96 Å². The van der Waals surface area contributed by atoms with Gasteiger partial charge in [-0.2, -0.15) is 5.10 Å². The van der Waals surface area contributed by atoms with Gasteiger partial charge in [-0.05, 0) is 56.8 Å². The van der Waals surface area contributed by atoms with Gasteiger partial charge in [-0.1, -0.05) is 44.5 Å². The molecule has 1 aromatic carbocycles. The van der Waals surface area contributed by atoms with Gasteiger partial charge in [-0.3, -0.25) is 9.58 Å². The lowest BCUT2D eigenvalue weighted by Crippen LogP contribution is -2.37. The Bertz CT molecular complexity index is 837. The van der Waals surface area contributed by atoms with Crippen molar-refractivity contribution in [1.29, 1.82) is 0 Å². The number of guanidine groups is 1. The van der Waals surface area contributed by atoms with E-state index < -0.39 is 0 Å². The molecule has 1 fully saturated rings. The highest BCUT2D eigenvalue weighted by molar-refractivity contribution is 14.0. The number of piperidine rings is 1. The van der Waals surface area contributed by atoms with Crippen molar-refractivity contribution in [3.05, 3.63) is 52.3 Å². The highest BCUT2D eigenvalue weighted by Gasteiger charge is 2.14. The first-order valence-electron chi connectivity index (χ1n) is 12.0. The molecular weight excluding hydrogens is 511 g/mol. The van der Waals surface area contributed by atoms with Crippen LogP contribution in [0.4, 0.5) is 0 Å². The van der Waals surface area contributed by atoms with Crippen molar-refractivity contribution in [2.24, 2.45) is 12.0 Å². The van der Waals surface area contributed by atoms with Crippen molar-refractivity contribution in [2.75, 3.05) is 19.6 Å². The Labute approximate surface area is 211 Å². The summed E-state index contributed by atoms with van der Waals surface area (Å²) >= 11 is 0. The Kier molecular flexibility index (Phi) is 11.5. The van der Waals surface area contributed by atoms with Crippen LogP contribution in [0.1, 0.15) is 68.1 Å². The summed E-state index contributed by atoms with van der Waals surface area (Å²) in [6.45, 7) is 12.3. The van der Waals surface area contributed by atoms with Crippen molar-refractivity contribution in [1.82, 2.24) is 25.3 Å². The summed E-state index contributed by atoms with van der Waals surface area (Å²) in [6.07, 6.45) is 5.99. The summed E-state index contributed by atoms with van der Waals surface area (Å²) in [4.78, 5) is 7.39. The van der Waals surface area contributed by atoms with Gasteiger partial charge in [0.2, 0.25) is 0 Å². The van der Waals surface area contributed by atoms with E-state index in [0.717, 1.165) is 38.4 Å². The third-order valence-corrected chi connectivity index (χ3v) is 6.10. The molecule has 3 rings (SSSR count). The molecule has 0 saturated carbocycles. The maximum absolute atomic E-state index is 4.82. The average molecular weight is 553 g/mol. The number of aryl methyl sites for hydroxylation is 2. The van der Waals surface area contributed by atoms with E-state index in [1.165, 1.54) is 60.4 Å². The normalized spacial score (nSPS) is 14.8. The molecule has 178 valence electrons. The fraction of sp³-hybridized carbons (Fsp3) is 0.600. The Morgan fingerprint density at radius 1 is 0.969 bits per heavy atom. The Morgan fingerprint density at radius 3 is 2.28 bits per heavy atom. The standard InChI is InChI=1S/C25H40N6.HI/c1-5-23-22(24(6-2)30(4)29-23)18-28-25(26-7-3)27-17-20-11-13-21(14-12-20)19-31-15-9-8-10-16-31;/h11-14H,5-10,15-19H2,1-4H3,(H2,26,27,28);1H. The fourth-order valence-electron chi connectivity index (χ4n) is 4.40. The van der Waals surface area contributed by atoms with Gasteiger partial charge in [0.05, 0.1) is 12.2 Å². The smallest absolute Gasteiger partial charge is 0.191 e. The molecule has 0 unspecified atom stereocenters. The number of aromatic nitrogens is 2. The number of rotatable bonds is 9. The number of benzene rings is 1. The zero-order chi connectivity index (χ0) is 22.1. The molecule has 1 aliphatic heterocycles. The predicted octanol–water partition coefficient (Wildman–Crippen LogP) is 4.40. The van der Waals surface area contributed by atoms with Gasteiger partial charge in [-0.25, -0.2) is 4.99 Å². The molecule has 2 aromatic rings. The van der Waals surface area contributed by atoms with Gasteiger partial charge < -0.3 is 10.6 Å². The van der Waals surface area contributed by atoms with Crippen LogP contribution in [0.5, 0.6) is 0 Å². The largest absolute Gasteiger partial charge is 0.357 e. The zero-order valence-corrected chi connectivity index (χ0v) is 22.6. The third-order valence-electron chi connectivity index (χ3n) is 6.10. The number of likely N-dealkylation sites (tertiary alicyclic amines) is 1. The number of hydrogen-bond acceptors (Lipinski definition) is 3. The molecule has 7 heteroatoms. The van der Waals surface area contributed by atoms with E-state index in [1.54, 1.807) is 0 Å². The third kappa shape index (κ3) is 7.47. The lowest BCUT2D eigenvalue weighted by Gasteiger charge is -2.26. The van der Waals surface area contributed by atoms with Crippen LogP contribution in [0, 0.1) is 0 Å². The second-order valence-corrected chi connectivity index (χ2v) is 8.40. The van der Waals surface area contributed by atoms with Crippen LogP contribution in [0.3, 0.4) is 0 Å². The zero-order valence-electron chi connectivity index (χ0n) is 20.3. The maximum Gasteiger partial charge on any atom is 0.191 e. The summed E-state index contributed by atoms with van der Waals surface area (Å²) in [5.41, 5.74) is 6.41. The summed E-state index contributed by atoms with van der Waals surface area (Å²) in [5.74, 6) is 0.854. The lowest BCUT2D eigenvalue weighted by molar-refractivity contribution is 0.221. The maximum atomic E-state index is 4.82. The molecule has 0 bridgehead atoms. The van der Waals surface area contributed by atoms with Gasteiger partial charge >= 0.3 is 0 Å². The highest BCUT2D eigenvalue weighted by atomic mass is 127. The van der Waals surface area contributed by atoms with E-state index >= 15 is 0 Å². The molecule has 2 N–H and O–H groups in total. The second kappa shape index (κ2) is 13.8. The molecule has 1 aliphatic rings. The first-order chi connectivity index (χ1) is 15.1. The molecule has 0 aliphatic carbocycles. The number of aliphatic imine (C=N–C) groups is 1. The van der Waals surface area contributed by atoms with Gasteiger partial charge in [0.25, 0.3) is 0 Å². The Morgan fingerprint density at radius 2 is 1.66 bits per heavy atom. The quantitative estimate of drug-likeness (QED) is 0.275. The van der Waals surface area contributed by atoms with Crippen LogP contribution in [0.2, 0.25) is 0 Å². The minimum Gasteiger partial charge on any atom is -0.357 e. The molecule has 6 nitrogen and oxygen atoms in total. The van der Waals surface area contributed by atoms with E-state index in [4.69, 9.17) is 4.99 Å². The lowest BCUT2D eigenvalue weighted by atomic mass is 10.1. The minimum absolute atomic E-state index is 0. The average Bonchev–Trinajstić information content (AvgIpc) is 3.11.